The number of aromatic nitrogens is 4. The molecule has 0 fully saturated rings. The molecule has 1 aromatic carbocycles. The van der Waals surface area contributed by atoms with Gasteiger partial charge in [0.1, 0.15) is 25.0 Å². The normalized spacial score (nSPS) is 10.7. The third-order valence-corrected chi connectivity index (χ3v) is 3.53. The van der Waals surface area contributed by atoms with Crippen molar-refractivity contribution in [3.63, 3.8) is 0 Å². The highest BCUT2D eigenvalue weighted by atomic mass is 16.5. The lowest BCUT2D eigenvalue weighted by molar-refractivity contribution is 0.0471. The number of carbonyl (C=O) groups excluding carboxylic acids is 1. The van der Waals surface area contributed by atoms with E-state index in [4.69, 9.17) is 9.26 Å². The van der Waals surface area contributed by atoms with Crippen molar-refractivity contribution in [2.24, 2.45) is 0 Å². The van der Waals surface area contributed by atoms with Gasteiger partial charge in [0.25, 0.3) is 0 Å². The maximum Gasteiger partial charge on any atom is 0.338 e. The van der Waals surface area contributed by atoms with Gasteiger partial charge >= 0.3 is 5.97 Å². The lowest BCUT2D eigenvalue weighted by Crippen LogP contribution is -2.07. The van der Waals surface area contributed by atoms with Crippen molar-refractivity contribution in [2.45, 2.75) is 27.0 Å². The van der Waals surface area contributed by atoms with Crippen LogP contribution in [0.3, 0.4) is 0 Å². The largest absolute Gasteiger partial charge is 0.457 e. The summed E-state index contributed by atoms with van der Waals surface area (Å²) in [5.41, 5.74) is 3.07. The number of esters is 1. The number of hydrogen-bond donors (Lipinski definition) is 0. The highest BCUT2D eigenvalue weighted by Gasteiger charge is 2.13. The van der Waals surface area contributed by atoms with Gasteiger partial charge in [-0.2, -0.15) is 5.10 Å². The SMILES string of the molecule is Cc1noc(C)c1COC(=O)c1ccc(Cn2cncn2)cc1. The molecule has 0 radical (unpaired) electrons. The predicted molar refractivity (Wildman–Crippen MR) is 80.7 cm³/mol. The smallest absolute Gasteiger partial charge is 0.338 e. The molecule has 2 aromatic heterocycles. The third kappa shape index (κ3) is 3.45. The van der Waals surface area contributed by atoms with Crippen LogP contribution in [-0.4, -0.2) is 25.9 Å². The summed E-state index contributed by atoms with van der Waals surface area (Å²) in [6, 6.07) is 7.21. The first-order valence-electron chi connectivity index (χ1n) is 7.13. The standard InChI is InChI=1S/C16H16N4O3/c1-11-15(12(2)23-19-11)8-22-16(21)14-5-3-13(4-6-14)7-20-10-17-9-18-20/h3-6,9-10H,7-8H2,1-2H3. The van der Waals surface area contributed by atoms with Crippen LogP contribution in [0.25, 0.3) is 0 Å². The Labute approximate surface area is 132 Å². The number of aryl methyl sites for hydroxylation is 2. The second-order valence-electron chi connectivity index (χ2n) is 5.17. The molecule has 0 aliphatic carbocycles. The Morgan fingerprint density at radius 2 is 2.04 bits per heavy atom. The van der Waals surface area contributed by atoms with Gasteiger partial charge < -0.3 is 9.26 Å². The molecule has 7 nitrogen and oxygen atoms in total. The average molecular weight is 312 g/mol. The molecule has 23 heavy (non-hydrogen) atoms. The fraction of sp³-hybridized carbons (Fsp3) is 0.250. The highest BCUT2D eigenvalue weighted by Crippen LogP contribution is 2.15. The number of ether oxygens (including phenoxy) is 1. The molecule has 2 heterocycles. The first-order chi connectivity index (χ1) is 11.1. The zero-order valence-electron chi connectivity index (χ0n) is 12.9. The van der Waals surface area contributed by atoms with Crippen LogP contribution in [-0.2, 0) is 17.9 Å². The second kappa shape index (κ2) is 6.43. The van der Waals surface area contributed by atoms with Crippen LogP contribution in [0.4, 0.5) is 0 Å². The van der Waals surface area contributed by atoms with Crippen molar-refractivity contribution >= 4 is 5.97 Å². The van der Waals surface area contributed by atoms with Gasteiger partial charge in [-0.15, -0.1) is 0 Å². The molecule has 3 rings (SSSR count). The van der Waals surface area contributed by atoms with Crippen LogP contribution >= 0.6 is 0 Å². The van der Waals surface area contributed by atoms with Crippen LogP contribution in [0.5, 0.6) is 0 Å². The average Bonchev–Trinajstić information content (AvgIpc) is 3.17. The number of nitrogens with zero attached hydrogens (tertiary/aromatic N) is 4. The Morgan fingerprint density at radius 1 is 1.26 bits per heavy atom. The van der Waals surface area contributed by atoms with Gasteiger partial charge in [0.2, 0.25) is 0 Å². The minimum atomic E-state index is -0.377. The van der Waals surface area contributed by atoms with Crippen molar-refractivity contribution < 1.29 is 14.1 Å². The fourth-order valence-electron chi connectivity index (χ4n) is 2.18. The minimum Gasteiger partial charge on any atom is -0.457 e. The number of benzene rings is 1. The molecule has 118 valence electrons. The first kappa shape index (κ1) is 15.0. The molecule has 0 unspecified atom stereocenters. The van der Waals surface area contributed by atoms with Gasteiger partial charge in [0, 0.05) is 0 Å². The van der Waals surface area contributed by atoms with Crippen molar-refractivity contribution in [1.82, 2.24) is 19.9 Å². The molecule has 3 aromatic rings. The monoisotopic (exact) mass is 312 g/mol. The molecule has 0 amide bonds. The van der Waals surface area contributed by atoms with Crippen molar-refractivity contribution in [2.75, 3.05) is 0 Å². The number of carbonyl (C=O) groups is 1. The molecular formula is C16H16N4O3. The predicted octanol–water partition coefficient (Wildman–Crippen LogP) is 2.29. The van der Waals surface area contributed by atoms with Crippen LogP contribution < -0.4 is 0 Å². The summed E-state index contributed by atoms with van der Waals surface area (Å²) in [6.45, 7) is 4.37. The van der Waals surface area contributed by atoms with Crippen LogP contribution in [0.15, 0.2) is 41.4 Å². The van der Waals surface area contributed by atoms with E-state index in [9.17, 15) is 4.79 Å². The van der Waals surface area contributed by atoms with Gasteiger partial charge in [-0.1, -0.05) is 17.3 Å². The van der Waals surface area contributed by atoms with Crippen LogP contribution in [0, 0.1) is 13.8 Å². The summed E-state index contributed by atoms with van der Waals surface area (Å²) in [5.74, 6) is 0.288. The maximum absolute atomic E-state index is 12.1. The second-order valence-corrected chi connectivity index (χ2v) is 5.17. The molecule has 0 spiro atoms. The van der Waals surface area contributed by atoms with E-state index in [1.54, 1.807) is 30.1 Å². The van der Waals surface area contributed by atoms with E-state index in [0.717, 1.165) is 16.8 Å². The summed E-state index contributed by atoms with van der Waals surface area (Å²) in [6.07, 6.45) is 3.13. The zero-order valence-corrected chi connectivity index (χ0v) is 12.9. The van der Waals surface area contributed by atoms with Gasteiger partial charge in [-0.05, 0) is 31.5 Å². The zero-order chi connectivity index (χ0) is 16.2. The van der Waals surface area contributed by atoms with Gasteiger partial charge in [0.05, 0.1) is 23.4 Å². The van der Waals surface area contributed by atoms with E-state index in [0.29, 0.717) is 17.9 Å². The number of hydrogen-bond acceptors (Lipinski definition) is 6. The molecule has 7 heteroatoms. The molecule has 0 aliphatic heterocycles. The van der Waals surface area contributed by atoms with Crippen LogP contribution in [0.1, 0.15) is 32.9 Å². The van der Waals surface area contributed by atoms with E-state index < -0.39 is 0 Å². The third-order valence-electron chi connectivity index (χ3n) is 3.53. The maximum atomic E-state index is 12.1. The Bertz CT molecular complexity index is 772. The first-order valence-corrected chi connectivity index (χ1v) is 7.13. The van der Waals surface area contributed by atoms with E-state index in [-0.39, 0.29) is 12.6 Å². The van der Waals surface area contributed by atoms with Crippen molar-refractivity contribution in [3.05, 3.63) is 65.1 Å². The number of rotatable bonds is 5. The van der Waals surface area contributed by atoms with E-state index in [1.165, 1.54) is 6.33 Å². The Balaban J connectivity index is 1.61. The minimum absolute atomic E-state index is 0.153. The molecular weight excluding hydrogens is 296 g/mol. The van der Waals surface area contributed by atoms with E-state index >= 15 is 0 Å². The molecule has 0 bridgehead atoms. The van der Waals surface area contributed by atoms with Crippen molar-refractivity contribution in [1.29, 1.82) is 0 Å². The summed E-state index contributed by atoms with van der Waals surface area (Å²) < 4.78 is 12.1. The molecule has 0 saturated carbocycles. The highest BCUT2D eigenvalue weighted by molar-refractivity contribution is 5.89. The van der Waals surface area contributed by atoms with Gasteiger partial charge in [-0.25, -0.2) is 14.5 Å². The van der Waals surface area contributed by atoms with Gasteiger partial charge in [-0.3, -0.25) is 0 Å². The van der Waals surface area contributed by atoms with Gasteiger partial charge in [0.15, 0.2) is 0 Å². The summed E-state index contributed by atoms with van der Waals surface area (Å²) in [4.78, 5) is 16.0. The van der Waals surface area contributed by atoms with E-state index in [1.807, 2.05) is 19.1 Å². The lowest BCUT2D eigenvalue weighted by Gasteiger charge is -2.06. The molecule has 0 atom stereocenters. The van der Waals surface area contributed by atoms with E-state index in [2.05, 4.69) is 15.2 Å². The summed E-state index contributed by atoms with van der Waals surface area (Å²) in [7, 11) is 0. The quantitative estimate of drug-likeness (QED) is 0.672. The van der Waals surface area contributed by atoms with Crippen LogP contribution in [0.2, 0.25) is 0 Å². The Kier molecular flexibility index (Phi) is 4.18. The topological polar surface area (TPSA) is 83.0 Å². The Hall–Kier alpha value is -2.96. The molecule has 0 aliphatic rings. The lowest BCUT2D eigenvalue weighted by atomic mass is 10.1. The van der Waals surface area contributed by atoms with Crippen molar-refractivity contribution in [3.8, 4) is 0 Å². The Morgan fingerprint density at radius 3 is 2.65 bits per heavy atom. The summed E-state index contributed by atoms with van der Waals surface area (Å²) in [5, 5.41) is 7.88. The molecule has 0 saturated heterocycles. The fourth-order valence-corrected chi connectivity index (χ4v) is 2.18. The summed E-state index contributed by atoms with van der Waals surface area (Å²) >= 11 is 0. The molecule has 0 N–H and O–H groups in total.